The fourth-order valence-electron chi connectivity index (χ4n) is 2.37. The molecule has 0 aliphatic rings. The molecule has 0 amide bonds. The maximum absolute atomic E-state index is 13.2. The molecule has 0 saturated carbocycles. The van der Waals surface area contributed by atoms with Gasteiger partial charge in [-0.25, -0.2) is 9.38 Å². The van der Waals surface area contributed by atoms with Gasteiger partial charge in [-0.2, -0.15) is 0 Å². The van der Waals surface area contributed by atoms with Crippen molar-refractivity contribution in [2.45, 2.75) is 20.8 Å². The average molecular weight is 375 g/mol. The second-order valence-electron chi connectivity index (χ2n) is 6.54. The Bertz CT molecular complexity index is 973. The van der Waals surface area contributed by atoms with Gasteiger partial charge in [0.25, 0.3) is 0 Å². The molecule has 28 heavy (non-hydrogen) atoms. The molecule has 0 N–H and O–H groups in total. The zero-order valence-electron chi connectivity index (χ0n) is 16.1. The van der Waals surface area contributed by atoms with E-state index >= 15 is 0 Å². The Balaban J connectivity index is 1.87. The zero-order chi connectivity index (χ0) is 19.9. The van der Waals surface area contributed by atoms with Crippen LogP contribution < -0.4 is 9.47 Å². The molecule has 0 aromatic heterocycles. The minimum atomic E-state index is -0.320. The van der Waals surface area contributed by atoms with Crippen molar-refractivity contribution < 1.29 is 13.9 Å². The standard InChI is InChI=1S/C24H22FNO2/c1-17-4-10-21(11-5-17)26-24(28-23-14-8-20(25)9-15-23)19(3)16-27-22-12-6-18(2)7-13-22/h4-16H,1-3H3. The van der Waals surface area contributed by atoms with E-state index < -0.39 is 0 Å². The van der Waals surface area contributed by atoms with Gasteiger partial charge in [-0.15, -0.1) is 0 Å². The van der Waals surface area contributed by atoms with Crippen LogP contribution in [0.4, 0.5) is 10.1 Å². The molecule has 0 heterocycles. The van der Waals surface area contributed by atoms with Crippen molar-refractivity contribution in [3.63, 3.8) is 0 Å². The van der Waals surface area contributed by atoms with E-state index in [1.165, 1.54) is 12.1 Å². The monoisotopic (exact) mass is 375 g/mol. The minimum absolute atomic E-state index is 0.320. The molecule has 0 fully saturated rings. The number of ether oxygens (including phenoxy) is 2. The van der Waals surface area contributed by atoms with Gasteiger partial charge in [0, 0.05) is 5.57 Å². The number of halogens is 1. The molecule has 0 unspecified atom stereocenters. The molecule has 0 aliphatic carbocycles. The van der Waals surface area contributed by atoms with Crippen LogP contribution in [0.3, 0.4) is 0 Å². The summed E-state index contributed by atoms with van der Waals surface area (Å²) in [6, 6.07) is 21.4. The predicted octanol–water partition coefficient (Wildman–Crippen LogP) is 6.53. The van der Waals surface area contributed by atoms with Crippen LogP contribution in [0.1, 0.15) is 18.1 Å². The second-order valence-corrected chi connectivity index (χ2v) is 6.54. The second kappa shape index (κ2) is 9.00. The summed E-state index contributed by atoms with van der Waals surface area (Å²) < 4.78 is 24.8. The van der Waals surface area contributed by atoms with E-state index in [2.05, 4.69) is 4.99 Å². The molecular formula is C24H22FNO2. The molecule has 0 aliphatic heterocycles. The highest BCUT2D eigenvalue weighted by molar-refractivity contribution is 5.96. The molecule has 3 rings (SSSR count). The first kappa shape index (κ1) is 19.4. The number of hydrogen-bond donors (Lipinski definition) is 0. The molecule has 0 radical (unpaired) electrons. The van der Waals surface area contributed by atoms with E-state index in [0.29, 0.717) is 17.2 Å². The van der Waals surface area contributed by atoms with Crippen LogP contribution in [0, 0.1) is 19.7 Å². The number of aliphatic imine (C=N–C) groups is 1. The van der Waals surface area contributed by atoms with E-state index in [9.17, 15) is 4.39 Å². The summed E-state index contributed by atoms with van der Waals surface area (Å²) in [5.74, 6) is 1.28. The Morgan fingerprint density at radius 2 is 1.32 bits per heavy atom. The smallest absolute Gasteiger partial charge is 0.225 e. The maximum Gasteiger partial charge on any atom is 0.225 e. The lowest BCUT2D eigenvalue weighted by atomic mass is 10.2. The van der Waals surface area contributed by atoms with Crippen molar-refractivity contribution >= 4 is 11.6 Å². The molecule has 0 spiro atoms. The Hall–Kier alpha value is -3.40. The maximum atomic E-state index is 13.2. The topological polar surface area (TPSA) is 30.8 Å². The fraction of sp³-hybridized carbons (Fsp3) is 0.125. The van der Waals surface area contributed by atoms with Crippen LogP contribution in [-0.2, 0) is 0 Å². The van der Waals surface area contributed by atoms with E-state index in [1.54, 1.807) is 18.4 Å². The number of aryl methyl sites for hydroxylation is 2. The van der Waals surface area contributed by atoms with Crippen LogP contribution in [0.2, 0.25) is 0 Å². The van der Waals surface area contributed by atoms with Crippen molar-refractivity contribution in [2.75, 3.05) is 0 Å². The molecule has 0 saturated heterocycles. The third-order valence-corrected chi connectivity index (χ3v) is 4.02. The van der Waals surface area contributed by atoms with E-state index in [0.717, 1.165) is 22.6 Å². The average Bonchev–Trinajstić information content (AvgIpc) is 2.70. The van der Waals surface area contributed by atoms with Crippen molar-refractivity contribution in [3.05, 3.63) is 102 Å². The third-order valence-electron chi connectivity index (χ3n) is 4.02. The summed E-state index contributed by atoms with van der Waals surface area (Å²) in [6.07, 6.45) is 1.60. The van der Waals surface area contributed by atoms with Gasteiger partial charge in [0.15, 0.2) is 0 Å². The van der Waals surface area contributed by atoms with Gasteiger partial charge >= 0.3 is 0 Å². The molecule has 3 aromatic carbocycles. The van der Waals surface area contributed by atoms with Crippen molar-refractivity contribution in [3.8, 4) is 11.5 Å². The quantitative estimate of drug-likeness (QED) is 0.288. The van der Waals surface area contributed by atoms with Crippen molar-refractivity contribution in [1.29, 1.82) is 0 Å². The first-order valence-corrected chi connectivity index (χ1v) is 8.99. The number of benzene rings is 3. The number of nitrogens with zero attached hydrogens (tertiary/aromatic N) is 1. The highest BCUT2D eigenvalue weighted by atomic mass is 19.1. The normalized spacial score (nSPS) is 12.0. The summed E-state index contributed by atoms with van der Waals surface area (Å²) in [7, 11) is 0. The van der Waals surface area contributed by atoms with Crippen LogP contribution in [-0.4, -0.2) is 5.90 Å². The fourth-order valence-corrected chi connectivity index (χ4v) is 2.37. The first-order chi connectivity index (χ1) is 13.5. The minimum Gasteiger partial charge on any atom is -0.465 e. The Morgan fingerprint density at radius 3 is 1.93 bits per heavy atom. The van der Waals surface area contributed by atoms with E-state index in [1.807, 2.05) is 69.3 Å². The van der Waals surface area contributed by atoms with Gasteiger partial charge in [-0.3, -0.25) is 0 Å². The lowest BCUT2D eigenvalue weighted by molar-refractivity contribution is 0.473. The Kier molecular flexibility index (Phi) is 6.22. The summed E-state index contributed by atoms with van der Waals surface area (Å²) in [5, 5.41) is 0. The largest absolute Gasteiger partial charge is 0.465 e. The molecule has 142 valence electrons. The van der Waals surface area contributed by atoms with Gasteiger partial charge in [-0.1, -0.05) is 35.4 Å². The molecule has 0 bridgehead atoms. The number of rotatable bonds is 5. The summed E-state index contributed by atoms with van der Waals surface area (Å²) in [4.78, 5) is 4.60. The number of hydrogen-bond acceptors (Lipinski definition) is 3. The molecule has 0 atom stereocenters. The van der Waals surface area contributed by atoms with Crippen LogP contribution in [0.25, 0.3) is 0 Å². The van der Waals surface area contributed by atoms with Crippen molar-refractivity contribution in [2.24, 2.45) is 4.99 Å². The van der Waals surface area contributed by atoms with Crippen LogP contribution >= 0.6 is 0 Å². The van der Waals surface area contributed by atoms with Gasteiger partial charge in [-0.05, 0) is 69.3 Å². The Labute approximate surface area is 164 Å². The first-order valence-electron chi connectivity index (χ1n) is 8.99. The molecule has 4 heteroatoms. The van der Waals surface area contributed by atoms with Gasteiger partial charge in [0.05, 0.1) is 11.9 Å². The van der Waals surface area contributed by atoms with Crippen LogP contribution in [0.5, 0.6) is 11.5 Å². The van der Waals surface area contributed by atoms with Gasteiger partial charge < -0.3 is 9.47 Å². The van der Waals surface area contributed by atoms with E-state index in [-0.39, 0.29) is 5.82 Å². The lowest BCUT2D eigenvalue weighted by Crippen LogP contribution is -2.11. The van der Waals surface area contributed by atoms with Crippen molar-refractivity contribution in [1.82, 2.24) is 0 Å². The highest BCUT2D eigenvalue weighted by Gasteiger charge is 2.08. The summed E-state index contributed by atoms with van der Waals surface area (Å²) in [6.45, 7) is 5.89. The van der Waals surface area contributed by atoms with Gasteiger partial charge in [0.2, 0.25) is 5.90 Å². The Morgan fingerprint density at radius 1 is 0.786 bits per heavy atom. The van der Waals surface area contributed by atoms with E-state index in [4.69, 9.17) is 9.47 Å². The third kappa shape index (κ3) is 5.55. The molecule has 3 nitrogen and oxygen atoms in total. The molecule has 3 aromatic rings. The predicted molar refractivity (Wildman–Crippen MR) is 111 cm³/mol. The molecular weight excluding hydrogens is 353 g/mol. The summed E-state index contributed by atoms with van der Waals surface area (Å²) in [5.41, 5.74) is 3.76. The highest BCUT2D eigenvalue weighted by Crippen LogP contribution is 2.19. The van der Waals surface area contributed by atoms with Gasteiger partial charge in [0.1, 0.15) is 17.3 Å². The summed E-state index contributed by atoms with van der Waals surface area (Å²) >= 11 is 0. The lowest BCUT2D eigenvalue weighted by Gasteiger charge is -2.10. The zero-order valence-corrected chi connectivity index (χ0v) is 16.1. The van der Waals surface area contributed by atoms with Crippen LogP contribution in [0.15, 0.2) is 89.6 Å². The SMILES string of the molecule is CC(=COc1ccc(C)cc1)C(=Nc1ccc(C)cc1)Oc1ccc(F)cc1.